The van der Waals surface area contributed by atoms with Crippen LogP contribution in [-0.4, -0.2) is 48.6 Å². The molecule has 1 N–H and O–H groups in total. The number of anilines is 1. The number of sulfonamides is 1. The summed E-state index contributed by atoms with van der Waals surface area (Å²) in [4.78, 5) is 8.65. The van der Waals surface area contributed by atoms with Gasteiger partial charge in [0, 0.05) is 37.0 Å². The van der Waals surface area contributed by atoms with Crippen molar-refractivity contribution in [3.63, 3.8) is 0 Å². The van der Waals surface area contributed by atoms with Gasteiger partial charge in [0.05, 0.1) is 17.0 Å². The summed E-state index contributed by atoms with van der Waals surface area (Å²) in [5, 5.41) is 3.29. The Morgan fingerprint density at radius 2 is 2.14 bits per heavy atom. The van der Waals surface area contributed by atoms with Crippen LogP contribution >= 0.6 is 15.9 Å². The molecule has 0 atom stereocenters. The number of hydrogen-bond donors (Lipinski definition) is 1. The van der Waals surface area contributed by atoms with Gasteiger partial charge in [-0.05, 0) is 41.4 Å². The van der Waals surface area contributed by atoms with E-state index in [0.29, 0.717) is 13.1 Å². The molecule has 8 heteroatoms. The van der Waals surface area contributed by atoms with E-state index in [4.69, 9.17) is 0 Å². The summed E-state index contributed by atoms with van der Waals surface area (Å²) in [5.41, 5.74) is 2.52. The van der Waals surface area contributed by atoms with E-state index < -0.39 is 10.0 Å². The maximum atomic E-state index is 11.7. The highest BCUT2D eigenvalue weighted by molar-refractivity contribution is 9.10. The second kappa shape index (κ2) is 7.34. The van der Waals surface area contributed by atoms with Crippen LogP contribution in [0.15, 0.2) is 29.0 Å². The van der Waals surface area contributed by atoms with Crippen molar-refractivity contribution >= 4 is 42.7 Å². The largest absolute Gasteiger partial charge is 0.383 e. The van der Waals surface area contributed by atoms with Crippen LogP contribution in [0.2, 0.25) is 0 Å². The summed E-state index contributed by atoms with van der Waals surface area (Å²) in [6.07, 6.45) is 4.18. The van der Waals surface area contributed by atoms with Crippen molar-refractivity contribution in [2.75, 3.05) is 31.2 Å². The number of pyridine rings is 2. The summed E-state index contributed by atoms with van der Waals surface area (Å²) < 4.78 is 25.6. The van der Waals surface area contributed by atoms with Gasteiger partial charge in [-0.1, -0.05) is 0 Å². The van der Waals surface area contributed by atoms with Crippen LogP contribution in [0.1, 0.15) is 13.3 Å². The molecular formula is C14H19BrN4O2S. The highest BCUT2D eigenvalue weighted by atomic mass is 79.9. The normalized spacial score (nSPS) is 12.0. The number of aromatic nitrogens is 2. The molecular weight excluding hydrogens is 368 g/mol. The molecule has 6 nitrogen and oxygen atoms in total. The average Bonchev–Trinajstić information content (AvgIpc) is 2.50. The second-order valence-corrected chi connectivity index (χ2v) is 8.16. The minimum atomic E-state index is -3.10. The minimum absolute atomic E-state index is 0.130. The fraction of sp³-hybridized carbons (Fsp3) is 0.429. The Kier molecular flexibility index (Phi) is 5.71. The van der Waals surface area contributed by atoms with Crippen LogP contribution in [-0.2, 0) is 10.0 Å². The van der Waals surface area contributed by atoms with E-state index >= 15 is 0 Å². The zero-order chi connectivity index (χ0) is 16.2. The van der Waals surface area contributed by atoms with Crippen LogP contribution in [0.4, 0.5) is 5.69 Å². The Morgan fingerprint density at radius 3 is 2.86 bits per heavy atom. The Morgan fingerprint density at radius 1 is 1.36 bits per heavy atom. The van der Waals surface area contributed by atoms with E-state index in [2.05, 4.69) is 31.2 Å². The Hall–Kier alpha value is -1.25. The standard InChI is InChI=1S/C14H19BrN4O2S/c1-3-22(20,21)19(2)8-4-6-16-12-5-7-17-13-9-11(15)10-18-14(12)13/h5,7,9-10H,3-4,6,8H2,1-2H3,(H,16,17). The number of halogens is 1. The third-order valence-electron chi connectivity index (χ3n) is 3.35. The molecule has 0 saturated carbocycles. The highest BCUT2D eigenvalue weighted by Crippen LogP contribution is 2.21. The van der Waals surface area contributed by atoms with Gasteiger partial charge in [0.15, 0.2) is 0 Å². The van der Waals surface area contributed by atoms with Gasteiger partial charge in [0.2, 0.25) is 10.0 Å². The van der Waals surface area contributed by atoms with Crippen LogP contribution in [0.3, 0.4) is 0 Å². The smallest absolute Gasteiger partial charge is 0.213 e. The minimum Gasteiger partial charge on any atom is -0.383 e. The molecule has 0 aliphatic heterocycles. The maximum absolute atomic E-state index is 11.7. The van der Waals surface area contributed by atoms with E-state index in [1.165, 1.54) is 4.31 Å². The van der Waals surface area contributed by atoms with Crippen molar-refractivity contribution in [3.8, 4) is 0 Å². The summed E-state index contributed by atoms with van der Waals surface area (Å²) in [6.45, 7) is 2.81. The quantitative estimate of drug-likeness (QED) is 0.739. The molecule has 0 fully saturated rings. The van der Waals surface area contributed by atoms with Crippen molar-refractivity contribution in [2.24, 2.45) is 0 Å². The SMILES string of the molecule is CCS(=O)(=O)N(C)CCCNc1ccnc2cc(Br)cnc12. The van der Waals surface area contributed by atoms with Crippen molar-refractivity contribution < 1.29 is 8.42 Å². The molecule has 22 heavy (non-hydrogen) atoms. The van der Waals surface area contributed by atoms with Crippen molar-refractivity contribution in [3.05, 3.63) is 29.0 Å². The summed E-state index contributed by atoms with van der Waals surface area (Å²) in [6, 6.07) is 3.78. The molecule has 2 aromatic heterocycles. The van der Waals surface area contributed by atoms with Crippen LogP contribution in [0.25, 0.3) is 11.0 Å². The van der Waals surface area contributed by atoms with Gasteiger partial charge in [-0.3, -0.25) is 9.97 Å². The third-order valence-corrected chi connectivity index (χ3v) is 5.64. The molecule has 2 aromatic rings. The molecule has 2 heterocycles. The average molecular weight is 387 g/mol. The topological polar surface area (TPSA) is 75.2 Å². The summed E-state index contributed by atoms with van der Waals surface area (Å²) in [5.74, 6) is 0.130. The molecule has 2 rings (SSSR count). The first-order chi connectivity index (χ1) is 10.4. The Bertz CT molecular complexity index is 752. The lowest BCUT2D eigenvalue weighted by molar-refractivity contribution is 0.466. The molecule has 0 aliphatic carbocycles. The first-order valence-electron chi connectivity index (χ1n) is 7.02. The second-order valence-electron chi connectivity index (χ2n) is 4.88. The molecule has 0 amide bonds. The lowest BCUT2D eigenvalue weighted by Gasteiger charge is -2.16. The zero-order valence-electron chi connectivity index (χ0n) is 12.6. The Labute approximate surface area is 139 Å². The predicted octanol–water partition coefficient (Wildman–Crippen LogP) is 2.48. The van der Waals surface area contributed by atoms with Gasteiger partial charge in [-0.2, -0.15) is 0 Å². The molecule has 0 bridgehead atoms. The van der Waals surface area contributed by atoms with E-state index in [1.807, 2.05) is 12.1 Å². The van der Waals surface area contributed by atoms with E-state index in [9.17, 15) is 8.42 Å². The van der Waals surface area contributed by atoms with Gasteiger partial charge in [0.25, 0.3) is 0 Å². The number of hydrogen-bond acceptors (Lipinski definition) is 5. The first-order valence-corrected chi connectivity index (χ1v) is 9.42. The molecule has 120 valence electrons. The van der Waals surface area contributed by atoms with Crippen LogP contribution in [0, 0.1) is 0 Å². The summed E-state index contributed by atoms with van der Waals surface area (Å²) >= 11 is 3.38. The number of nitrogens with zero attached hydrogens (tertiary/aromatic N) is 3. The molecule has 0 spiro atoms. The lowest BCUT2D eigenvalue weighted by Crippen LogP contribution is -2.30. The predicted molar refractivity (Wildman–Crippen MR) is 92.4 cm³/mol. The van der Waals surface area contributed by atoms with Crippen LogP contribution in [0.5, 0.6) is 0 Å². The van der Waals surface area contributed by atoms with Gasteiger partial charge in [0.1, 0.15) is 5.52 Å². The zero-order valence-corrected chi connectivity index (χ0v) is 15.0. The summed E-state index contributed by atoms with van der Waals surface area (Å²) in [7, 11) is -1.49. The maximum Gasteiger partial charge on any atom is 0.213 e. The van der Waals surface area contributed by atoms with Crippen molar-refractivity contribution in [1.29, 1.82) is 0 Å². The number of fused-ring (bicyclic) bond motifs is 1. The fourth-order valence-corrected chi connectivity index (χ4v) is 3.20. The van der Waals surface area contributed by atoms with Crippen molar-refractivity contribution in [2.45, 2.75) is 13.3 Å². The molecule has 0 aliphatic rings. The monoisotopic (exact) mass is 386 g/mol. The lowest BCUT2D eigenvalue weighted by atomic mass is 10.2. The first kappa shape index (κ1) is 17.1. The Balaban J connectivity index is 1.96. The van der Waals surface area contributed by atoms with Gasteiger partial charge >= 0.3 is 0 Å². The van der Waals surface area contributed by atoms with Crippen LogP contribution < -0.4 is 5.32 Å². The highest BCUT2D eigenvalue weighted by Gasteiger charge is 2.14. The molecule has 0 radical (unpaired) electrons. The number of nitrogens with one attached hydrogen (secondary N) is 1. The molecule has 0 saturated heterocycles. The van der Waals surface area contributed by atoms with Gasteiger partial charge < -0.3 is 5.32 Å². The van der Waals surface area contributed by atoms with Gasteiger partial charge in [-0.25, -0.2) is 12.7 Å². The van der Waals surface area contributed by atoms with Crippen molar-refractivity contribution in [1.82, 2.24) is 14.3 Å². The van der Waals surface area contributed by atoms with E-state index in [0.717, 1.165) is 27.6 Å². The van der Waals surface area contributed by atoms with E-state index in [1.54, 1.807) is 26.4 Å². The molecule has 0 unspecified atom stereocenters. The fourth-order valence-electron chi connectivity index (χ4n) is 2.03. The van der Waals surface area contributed by atoms with E-state index in [-0.39, 0.29) is 5.75 Å². The number of rotatable bonds is 7. The third kappa shape index (κ3) is 4.15. The molecule has 0 aromatic carbocycles. The van der Waals surface area contributed by atoms with Gasteiger partial charge in [-0.15, -0.1) is 0 Å².